The van der Waals surface area contributed by atoms with Crippen molar-refractivity contribution >= 4 is 0 Å². The normalized spacial score (nSPS) is 28.1. The first kappa shape index (κ1) is 15.3. The van der Waals surface area contributed by atoms with Crippen molar-refractivity contribution in [2.24, 2.45) is 11.8 Å². The fourth-order valence-corrected chi connectivity index (χ4v) is 3.35. The van der Waals surface area contributed by atoms with Crippen molar-refractivity contribution in [2.45, 2.75) is 52.1 Å². The van der Waals surface area contributed by atoms with E-state index in [0.717, 1.165) is 5.56 Å². The van der Waals surface area contributed by atoms with E-state index in [1.54, 1.807) is 12.1 Å². The van der Waals surface area contributed by atoms with Gasteiger partial charge in [0, 0.05) is 12.1 Å². The van der Waals surface area contributed by atoms with Crippen molar-refractivity contribution in [3.05, 3.63) is 29.6 Å². The molecule has 1 aromatic carbocycles. The zero-order chi connectivity index (χ0) is 14.7. The molecule has 112 valence electrons. The topological polar surface area (TPSA) is 21.3 Å². The van der Waals surface area contributed by atoms with E-state index < -0.39 is 0 Å². The van der Waals surface area contributed by atoms with Gasteiger partial charge in [-0.15, -0.1) is 0 Å². The first-order chi connectivity index (χ1) is 9.52. The number of benzene rings is 1. The summed E-state index contributed by atoms with van der Waals surface area (Å²) >= 11 is 0. The summed E-state index contributed by atoms with van der Waals surface area (Å²) in [6.07, 6.45) is 3.89. The summed E-state index contributed by atoms with van der Waals surface area (Å²) in [5.74, 6) is 1.39. The van der Waals surface area contributed by atoms with Crippen LogP contribution in [0.15, 0.2) is 18.2 Å². The summed E-state index contributed by atoms with van der Waals surface area (Å²) in [5, 5.41) is 3.69. The van der Waals surface area contributed by atoms with E-state index in [0.29, 0.717) is 23.6 Å². The van der Waals surface area contributed by atoms with E-state index in [2.05, 4.69) is 26.1 Å². The maximum atomic E-state index is 13.8. The highest BCUT2D eigenvalue weighted by Gasteiger charge is 2.28. The van der Waals surface area contributed by atoms with Gasteiger partial charge in [0.2, 0.25) is 0 Å². The standard InChI is InChI=1S/C17H26FNO/c1-11-6-5-7-12(2)17(11)19-13(3)14-8-9-16(20-4)15(18)10-14/h8-13,17,19H,5-7H2,1-4H3. The van der Waals surface area contributed by atoms with Crippen LogP contribution in [0, 0.1) is 17.7 Å². The first-order valence-corrected chi connectivity index (χ1v) is 7.62. The molecule has 20 heavy (non-hydrogen) atoms. The SMILES string of the molecule is COc1ccc(C(C)NC2C(C)CCCC2C)cc1F. The lowest BCUT2D eigenvalue weighted by atomic mass is 9.78. The van der Waals surface area contributed by atoms with Gasteiger partial charge >= 0.3 is 0 Å². The molecule has 0 spiro atoms. The summed E-state index contributed by atoms with van der Waals surface area (Å²) in [6.45, 7) is 6.73. The predicted octanol–water partition coefficient (Wildman–Crippen LogP) is 4.31. The molecular weight excluding hydrogens is 253 g/mol. The lowest BCUT2D eigenvalue weighted by Gasteiger charge is -2.37. The van der Waals surface area contributed by atoms with Crippen LogP contribution in [0.5, 0.6) is 5.75 Å². The molecule has 0 amide bonds. The van der Waals surface area contributed by atoms with Crippen LogP contribution >= 0.6 is 0 Å². The van der Waals surface area contributed by atoms with Crippen molar-refractivity contribution in [1.82, 2.24) is 5.32 Å². The van der Waals surface area contributed by atoms with Crippen LogP contribution in [0.1, 0.15) is 51.6 Å². The molecule has 1 saturated carbocycles. The highest BCUT2D eigenvalue weighted by Crippen LogP contribution is 2.31. The maximum absolute atomic E-state index is 13.8. The first-order valence-electron chi connectivity index (χ1n) is 7.62. The van der Waals surface area contributed by atoms with Crippen molar-refractivity contribution in [2.75, 3.05) is 7.11 Å². The van der Waals surface area contributed by atoms with Gasteiger partial charge in [0.25, 0.3) is 0 Å². The average Bonchev–Trinajstić information content (AvgIpc) is 2.42. The summed E-state index contributed by atoms with van der Waals surface area (Å²) in [7, 11) is 1.49. The third-order valence-electron chi connectivity index (χ3n) is 4.66. The van der Waals surface area contributed by atoms with Gasteiger partial charge in [0.15, 0.2) is 11.6 Å². The fourth-order valence-electron chi connectivity index (χ4n) is 3.35. The Morgan fingerprint density at radius 3 is 2.45 bits per heavy atom. The van der Waals surface area contributed by atoms with E-state index in [9.17, 15) is 4.39 Å². The molecule has 0 heterocycles. The van der Waals surface area contributed by atoms with Crippen molar-refractivity contribution in [3.63, 3.8) is 0 Å². The molecular formula is C17H26FNO. The Balaban J connectivity index is 2.07. The van der Waals surface area contributed by atoms with Gasteiger partial charge < -0.3 is 10.1 Å². The highest BCUT2D eigenvalue weighted by atomic mass is 19.1. The molecule has 1 aliphatic rings. The molecule has 1 fully saturated rings. The largest absolute Gasteiger partial charge is 0.494 e. The molecule has 0 bridgehead atoms. The number of ether oxygens (including phenoxy) is 1. The number of rotatable bonds is 4. The smallest absolute Gasteiger partial charge is 0.165 e. The Morgan fingerprint density at radius 2 is 1.90 bits per heavy atom. The number of methoxy groups -OCH3 is 1. The second-order valence-electron chi connectivity index (χ2n) is 6.19. The van der Waals surface area contributed by atoms with Crippen molar-refractivity contribution in [3.8, 4) is 5.75 Å². The molecule has 0 aliphatic heterocycles. The van der Waals surface area contributed by atoms with Gasteiger partial charge in [-0.25, -0.2) is 4.39 Å². The minimum absolute atomic E-state index is 0.156. The van der Waals surface area contributed by atoms with E-state index in [-0.39, 0.29) is 11.9 Å². The second-order valence-corrected chi connectivity index (χ2v) is 6.19. The highest BCUT2D eigenvalue weighted by molar-refractivity contribution is 5.30. The third kappa shape index (κ3) is 3.32. The fraction of sp³-hybridized carbons (Fsp3) is 0.647. The van der Waals surface area contributed by atoms with Gasteiger partial charge in [-0.2, -0.15) is 0 Å². The van der Waals surface area contributed by atoms with Crippen LogP contribution in [0.2, 0.25) is 0 Å². The Bertz CT molecular complexity index is 439. The van der Waals surface area contributed by atoms with Crippen LogP contribution in [0.4, 0.5) is 4.39 Å². The summed E-state index contributed by atoms with van der Waals surface area (Å²) in [6, 6.07) is 5.90. The molecule has 1 N–H and O–H groups in total. The van der Waals surface area contributed by atoms with E-state index >= 15 is 0 Å². The van der Waals surface area contributed by atoms with E-state index in [1.807, 2.05) is 6.07 Å². The predicted molar refractivity (Wildman–Crippen MR) is 80.5 cm³/mol. The summed E-state index contributed by atoms with van der Waals surface area (Å²) in [4.78, 5) is 0. The number of nitrogens with one attached hydrogen (secondary N) is 1. The molecule has 1 aromatic rings. The van der Waals surface area contributed by atoms with Crippen LogP contribution in [-0.2, 0) is 0 Å². The van der Waals surface area contributed by atoms with Gasteiger partial charge in [-0.3, -0.25) is 0 Å². The molecule has 0 aromatic heterocycles. The van der Waals surface area contributed by atoms with Crippen LogP contribution < -0.4 is 10.1 Å². The number of halogens is 1. The minimum atomic E-state index is -0.289. The van der Waals surface area contributed by atoms with E-state index in [4.69, 9.17) is 4.74 Å². The van der Waals surface area contributed by atoms with Crippen LogP contribution in [0.25, 0.3) is 0 Å². The van der Waals surface area contributed by atoms with Crippen LogP contribution in [0.3, 0.4) is 0 Å². The second kappa shape index (κ2) is 6.57. The van der Waals surface area contributed by atoms with Gasteiger partial charge in [-0.1, -0.05) is 26.3 Å². The Labute approximate surface area is 121 Å². The third-order valence-corrected chi connectivity index (χ3v) is 4.66. The number of hydrogen-bond acceptors (Lipinski definition) is 2. The lowest BCUT2D eigenvalue weighted by molar-refractivity contribution is 0.196. The summed E-state index contributed by atoms with van der Waals surface area (Å²) < 4.78 is 18.8. The van der Waals surface area contributed by atoms with Crippen molar-refractivity contribution in [1.29, 1.82) is 0 Å². The zero-order valence-corrected chi connectivity index (χ0v) is 12.9. The molecule has 3 unspecified atom stereocenters. The summed E-state index contributed by atoms with van der Waals surface area (Å²) in [5.41, 5.74) is 0.980. The lowest BCUT2D eigenvalue weighted by Crippen LogP contribution is -2.43. The molecule has 0 radical (unpaired) electrons. The minimum Gasteiger partial charge on any atom is -0.494 e. The molecule has 3 atom stereocenters. The van der Waals surface area contributed by atoms with Crippen molar-refractivity contribution < 1.29 is 9.13 Å². The average molecular weight is 279 g/mol. The molecule has 3 heteroatoms. The molecule has 2 rings (SSSR count). The molecule has 1 aliphatic carbocycles. The Morgan fingerprint density at radius 1 is 1.25 bits per heavy atom. The monoisotopic (exact) mass is 279 g/mol. The number of hydrogen-bond donors (Lipinski definition) is 1. The van der Waals surface area contributed by atoms with Gasteiger partial charge in [-0.05, 0) is 49.3 Å². The maximum Gasteiger partial charge on any atom is 0.165 e. The molecule has 2 nitrogen and oxygen atoms in total. The Kier molecular flexibility index (Phi) is 5.03. The van der Waals surface area contributed by atoms with Gasteiger partial charge in [0.05, 0.1) is 7.11 Å². The quantitative estimate of drug-likeness (QED) is 0.886. The Hall–Kier alpha value is -1.09. The van der Waals surface area contributed by atoms with Gasteiger partial charge in [0.1, 0.15) is 0 Å². The van der Waals surface area contributed by atoms with E-state index in [1.165, 1.54) is 26.4 Å². The molecule has 0 saturated heterocycles. The van der Waals surface area contributed by atoms with Crippen LogP contribution in [-0.4, -0.2) is 13.2 Å². The zero-order valence-electron chi connectivity index (χ0n) is 12.9.